The van der Waals surface area contributed by atoms with Crippen molar-refractivity contribution in [3.05, 3.63) is 82.9 Å². The molecule has 0 aliphatic rings. The minimum Gasteiger partial charge on any atom is -0.493 e. The topological polar surface area (TPSA) is 105 Å². The Bertz CT molecular complexity index is 1450. The molecule has 0 radical (unpaired) electrons. The van der Waals surface area contributed by atoms with E-state index in [2.05, 4.69) is 5.32 Å². The summed E-state index contributed by atoms with van der Waals surface area (Å²) in [6.45, 7) is 3.12. The normalized spacial score (nSPS) is 11.8. The van der Waals surface area contributed by atoms with E-state index >= 15 is 0 Å². The van der Waals surface area contributed by atoms with Crippen LogP contribution in [-0.2, 0) is 26.2 Å². The number of likely N-dealkylation sites (N-methyl/N-ethyl adjacent to an activating group) is 1. The molecule has 3 rings (SSSR count). The summed E-state index contributed by atoms with van der Waals surface area (Å²) in [7, 11) is 0.0810. The Labute approximate surface area is 240 Å². The number of carbonyl (C=O) groups is 2. The number of carbonyl (C=O) groups excluding carboxylic acids is 2. The Morgan fingerprint density at radius 2 is 1.62 bits per heavy atom. The lowest BCUT2D eigenvalue weighted by molar-refractivity contribution is -0.140. The number of ether oxygens (including phenoxy) is 2. The first-order chi connectivity index (χ1) is 19.1. The van der Waals surface area contributed by atoms with Gasteiger partial charge in [-0.2, -0.15) is 0 Å². The van der Waals surface area contributed by atoms with Crippen molar-refractivity contribution in [3.8, 4) is 11.5 Å². The van der Waals surface area contributed by atoms with Gasteiger partial charge in [-0.05, 0) is 49.2 Å². The highest BCUT2D eigenvalue weighted by atomic mass is 35.5. The highest BCUT2D eigenvalue weighted by Gasteiger charge is 2.34. The summed E-state index contributed by atoms with van der Waals surface area (Å²) in [5.41, 5.74) is 1.84. The molecule has 40 heavy (non-hydrogen) atoms. The van der Waals surface area contributed by atoms with Gasteiger partial charge in [-0.1, -0.05) is 54.4 Å². The minimum absolute atomic E-state index is 0.0164. The molecule has 2 amide bonds. The summed E-state index contributed by atoms with van der Waals surface area (Å²) < 4.78 is 39.7. The molecular formula is C29H34ClN3O6S. The van der Waals surface area contributed by atoms with Gasteiger partial charge in [0.1, 0.15) is 12.6 Å². The number of nitrogens with zero attached hydrogens (tertiary/aromatic N) is 2. The second kappa shape index (κ2) is 13.5. The van der Waals surface area contributed by atoms with E-state index in [1.54, 1.807) is 55.5 Å². The van der Waals surface area contributed by atoms with Crippen molar-refractivity contribution in [1.82, 2.24) is 10.2 Å². The summed E-state index contributed by atoms with van der Waals surface area (Å²) in [6.07, 6.45) is 0.308. The second-order valence-corrected chi connectivity index (χ2v) is 11.3. The van der Waals surface area contributed by atoms with Gasteiger partial charge >= 0.3 is 0 Å². The molecule has 0 aromatic heterocycles. The summed E-state index contributed by atoms with van der Waals surface area (Å²) in [6, 6.07) is 17.2. The third-order valence-electron chi connectivity index (χ3n) is 6.47. The molecule has 9 nitrogen and oxygen atoms in total. The van der Waals surface area contributed by atoms with Crippen molar-refractivity contribution in [2.24, 2.45) is 0 Å². The van der Waals surface area contributed by atoms with Gasteiger partial charge in [0.2, 0.25) is 11.8 Å². The lowest BCUT2D eigenvalue weighted by Gasteiger charge is -2.33. The van der Waals surface area contributed by atoms with Crippen LogP contribution >= 0.6 is 11.6 Å². The number of aryl methyl sites for hydroxylation is 1. The number of hydrogen-bond acceptors (Lipinski definition) is 6. The van der Waals surface area contributed by atoms with E-state index in [1.807, 2.05) is 6.92 Å². The maximum atomic E-state index is 14.0. The molecule has 0 fully saturated rings. The fraction of sp³-hybridized carbons (Fsp3) is 0.310. The minimum atomic E-state index is -4.27. The maximum Gasteiger partial charge on any atom is 0.264 e. The van der Waals surface area contributed by atoms with Gasteiger partial charge in [0.25, 0.3) is 10.0 Å². The highest BCUT2D eigenvalue weighted by Crippen LogP contribution is 2.32. The van der Waals surface area contributed by atoms with E-state index in [-0.39, 0.29) is 23.1 Å². The number of hydrogen-bond donors (Lipinski definition) is 1. The molecule has 0 heterocycles. The van der Waals surface area contributed by atoms with Crippen LogP contribution in [0.15, 0.2) is 71.6 Å². The fourth-order valence-electron chi connectivity index (χ4n) is 4.24. The van der Waals surface area contributed by atoms with Crippen molar-refractivity contribution < 1.29 is 27.5 Å². The fourth-order valence-corrected chi connectivity index (χ4v) is 5.87. The summed E-state index contributed by atoms with van der Waals surface area (Å²) in [5, 5.41) is 3.03. The Kier molecular flexibility index (Phi) is 10.4. The molecule has 0 bridgehead atoms. The largest absolute Gasteiger partial charge is 0.493 e. The number of rotatable bonds is 12. The quantitative estimate of drug-likeness (QED) is 0.336. The number of amides is 2. The van der Waals surface area contributed by atoms with E-state index in [9.17, 15) is 18.0 Å². The van der Waals surface area contributed by atoms with Crippen LogP contribution in [0, 0.1) is 6.92 Å². The summed E-state index contributed by atoms with van der Waals surface area (Å²) >= 11 is 6.39. The molecule has 11 heteroatoms. The van der Waals surface area contributed by atoms with E-state index < -0.39 is 28.5 Å². The third kappa shape index (κ3) is 6.86. The molecule has 214 valence electrons. The molecule has 0 aliphatic heterocycles. The average Bonchev–Trinajstić information content (AvgIpc) is 2.96. The number of sulfonamides is 1. The first-order valence-corrected chi connectivity index (χ1v) is 14.4. The van der Waals surface area contributed by atoms with Gasteiger partial charge in [0.05, 0.1) is 24.8 Å². The Balaban J connectivity index is 2.10. The van der Waals surface area contributed by atoms with Gasteiger partial charge in [0.15, 0.2) is 11.5 Å². The Hall–Kier alpha value is -3.76. The molecular weight excluding hydrogens is 554 g/mol. The van der Waals surface area contributed by atoms with Crippen LogP contribution in [0.1, 0.15) is 24.5 Å². The van der Waals surface area contributed by atoms with Crippen LogP contribution in [0.2, 0.25) is 5.02 Å². The van der Waals surface area contributed by atoms with Crippen LogP contribution in [0.25, 0.3) is 0 Å². The van der Waals surface area contributed by atoms with Crippen molar-refractivity contribution in [2.45, 2.75) is 37.8 Å². The van der Waals surface area contributed by atoms with Gasteiger partial charge in [-0.25, -0.2) is 8.42 Å². The SMILES string of the molecule is CC[C@@H](C(=O)NC)N(Cc1ccccc1Cl)C(=O)CN(c1ccc(C)cc1)S(=O)(=O)c1ccc(OC)c(OC)c1. The molecule has 0 unspecified atom stereocenters. The lowest BCUT2D eigenvalue weighted by Crippen LogP contribution is -2.51. The number of anilines is 1. The predicted octanol–water partition coefficient (Wildman–Crippen LogP) is 4.41. The van der Waals surface area contributed by atoms with E-state index in [0.29, 0.717) is 28.4 Å². The number of benzene rings is 3. The number of halogens is 1. The monoisotopic (exact) mass is 587 g/mol. The van der Waals surface area contributed by atoms with Crippen LogP contribution in [0.4, 0.5) is 5.69 Å². The smallest absolute Gasteiger partial charge is 0.264 e. The first-order valence-electron chi connectivity index (χ1n) is 12.6. The van der Waals surface area contributed by atoms with Crippen LogP contribution in [0.5, 0.6) is 11.5 Å². The van der Waals surface area contributed by atoms with Crippen molar-refractivity contribution in [2.75, 3.05) is 32.1 Å². The maximum absolute atomic E-state index is 14.0. The zero-order valence-corrected chi connectivity index (χ0v) is 24.8. The highest BCUT2D eigenvalue weighted by molar-refractivity contribution is 7.92. The van der Waals surface area contributed by atoms with Gasteiger partial charge in [-0.15, -0.1) is 0 Å². The summed E-state index contributed by atoms with van der Waals surface area (Å²) in [4.78, 5) is 28.1. The Morgan fingerprint density at radius 1 is 0.975 bits per heavy atom. The summed E-state index contributed by atoms with van der Waals surface area (Å²) in [5.74, 6) is -0.348. The first kappa shape index (κ1) is 30.8. The predicted molar refractivity (Wildman–Crippen MR) is 155 cm³/mol. The molecule has 0 aliphatic carbocycles. The molecule has 3 aromatic carbocycles. The molecule has 0 saturated heterocycles. The molecule has 1 N–H and O–H groups in total. The number of nitrogens with one attached hydrogen (secondary N) is 1. The van der Waals surface area contributed by atoms with Crippen LogP contribution in [0.3, 0.4) is 0 Å². The third-order valence-corrected chi connectivity index (χ3v) is 8.61. The molecule has 0 spiro atoms. The van der Waals surface area contributed by atoms with Crippen LogP contribution in [-0.4, -0.2) is 59.0 Å². The molecule has 3 aromatic rings. The van der Waals surface area contributed by atoms with Gasteiger partial charge < -0.3 is 19.7 Å². The zero-order valence-electron chi connectivity index (χ0n) is 23.2. The number of methoxy groups -OCH3 is 2. The van der Waals surface area contributed by atoms with Gasteiger partial charge in [0, 0.05) is 24.7 Å². The van der Waals surface area contributed by atoms with Crippen molar-refractivity contribution in [3.63, 3.8) is 0 Å². The molecule has 1 atom stereocenters. The van der Waals surface area contributed by atoms with E-state index in [0.717, 1.165) is 9.87 Å². The Morgan fingerprint density at radius 3 is 2.20 bits per heavy atom. The average molecular weight is 588 g/mol. The van der Waals surface area contributed by atoms with E-state index in [4.69, 9.17) is 21.1 Å². The van der Waals surface area contributed by atoms with E-state index in [1.165, 1.54) is 44.4 Å². The van der Waals surface area contributed by atoms with Crippen molar-refractivity contribution >= 4 is 39.1 Å². The standard InChI is InChI=1S/C29H34ClN3O6S/c1-6-25(29(35)31-3)32(18-21-9-7-8-10-24(21)30)28(34)19-33(22-13-11-20(2)12-14-22)40(36,37)23-15-16-26(38-4)27(17-23)39-5/h7-17,25H,6,18-19H2,1-5H3,(H,31,35)/t25-/m0/s1. The van der Waals surface area contributed by atoms with Gasteiger partial charge in [-0.3, -0.25) is 13.9 Å². The lowest BCUT2D eigenvalue weighted by atomic mass is 10.1. The van der Waals surface area contributed by atoms with Crippen LogP contribution < -0.4 is 19.1 Å². The van der Waals surface area contributed by atoms with Crippen molar-refractivity contribution in [1.29, 1.82) is 0 Å². The zero-order chi connectivity index (χ0) is 29.4. The second-order valence-electron chi connectivity index (χ2n) is 9.02. The molecule has 0 saturated carbocycles.